The van der Waals surface area contributed by atoms with Crippen LogP contribution in [0.15, 0.2) is 48.5 Å². The van der Waals surface area contributed by atoms with E-state index in [0.29, 0.717) is 26.2 Å². The number of aryl methyl sites for hydroxylation is 1. The van der Waals surface area contributed by atoms with Crippen molar-refractivity contribution in [3.8, 4) is 0 Å². The highest BCUT2D eigenvalue weighted by Gasteiger charge is 2.39. The normalized spacial score (nSPS) is 19.8. The molecule has 2 fully saturated rings. The lowest BCUT2D eigenvalue weighted by Gasteiger charge is -2.37. The van der Waals surface area contributed by atoms with Crippen LogP contribution >= 0.6 is 0 Å². The number of carbonyl (C=O) groups excluding carboxylic acids is 2. The van der Waals surface area contributed by atoms with Crippen molar-refractivity contribution >= 4 is 23.2 Å². The Morgan fingerprint density at radius 2 is 1.65 bits per heavy atom. The molecular weight excluding hydrogens is 407 g/mol. The summed E-state index contributed by atoms with van der Waals surface area (Å²) in [6, 6.07) is 12.9. The van der Waals surface area contributed by atoms with Gasteiger partial charge in [-0.3, -0.25) is 9.59 Å². The Hall–Kier alpha value is -3.03. The molecule has 0 aliphatic carbocycles. The average Bonchev–Trinajstić information content (AvgIpc) is 3.14. The minimum Gasteiger partial charge on any atom is -0.368 e. The summed E-state index contributed by atoms with van der Waals surface area (Å²) in [5, 5.41) is 0. The first-order valence-corrected chi connectivity index (χ1v) is 10.3. The predicted octanol–water partition coefficient (Wildman–Crippen LogP) is 3.72. The summed E-state index contributed by atoms with van der Waals surface area (Å²) in [5.41, 5.74) is 1.67. The topological polar surface area (TPSA) is 43.9 Å². The fourth-order valence-corrected chi connectivity index (χ4v) is 4.24. The van der Waals surface area contributed by atoms with Crippen LogP contribution in [0.2, 0.25) is 0 Å². The molecule has 2 heterocycles. The standard InChI is InChI=1S/C23H24F3N3O2/c1-16-4-2-6-19(12-16)27-8-10-28(11-9-27)22(31)17-13-21(30)29(15-17)20-7-3-5-18(14-20)23(24,25)26/h2-7,12,14,17H,8-11,13,15H2,1H3. The van der Waals surface area contributed by atoms with Crippen LogP contribution < -0.4 is 9.80 Å². The lowest BCUT2D eigenvalue weighted by Crippen LogP contribution is -2.50. The number of amides is 2. The molecule has 2 aliphatic heterocycles. The molecule has 0 N–H and O–H groups in total. The molecule has 1 atom stereocenters. The Morgan fingerprint density at radius 3 is 2.32 bits per heavy atom. The zero-order valence-electron chi connectivity index (χ0n) is 17.2. The van der Waals surface area contributed by atoms with Crippen molar-refractivity contribution in [2.24, 2.45) is 5.92 Å². The number of alkyl halides is 3. The molecule has 5 nitrogen and oxygen atoms in total. The van der Waals surface area contributed by atoms with Crippen molar-refractivity contribution in [3.05, 3.63) is 59.7 Å². The van der Waals surface area contributed by atoms with Crippen molar-refractivity contribution in [2.75, 3.05) is 42.5 Å². The molecule has 2 aromatic rings. The summed E-state index contributed by atoms with van der Waals surface area (Å²) < 4.78 is 39.0. The van der Waals surface area contributed by atoms with Crippen molar-refractivity contribution in [3.63, 3.8) is 0 Å². The monoisotopic (exact) mass is 431 g/mol. The number of hydrogen-bond acceptors (Lipinski definition) is 3. The van der Waals surface area contributed by atoms with Crippen LogP contribution in [0, 0.1) is 12.8 Å². The first kappa shape index (κ1) is 21.2. The second-order valence-corrected chi connectivity index (χ2v) is 8.10. The maximum atomic E-state index is 13.0. The van der Waals surface area contributed by atoms with Gasteiger partial charge in [0.25, 0.3) is 0 Å². The molecule has 0 radical (unpaired) electrons. The van der Waals surface area contributed by atoms with Crippen LogP contribution in [0.1, 0.15) is 17.5 Å². The van der Waals surface area contributed by atoms with E-state index >= 15 is 0 Å². The minimum atomic E-state index is -4.48. The lowest BCUT2D eigenvalue weighted by atomic mass is 10.1. The lowest BCUT2D eigenvalue weighted by molar-refractivity contribution is -0.137. The number of anilines is 2. The third-order valence-corrected chi connectivity index (χ3v) is 5.92. The minimum absolute atomic E-state index is 0.0210. The highest BCUT2D eigenvalue weighted by molar-refractivity contribution is 6.00. The van der Waals surface area contributed by atoms with Crippen LogP contribution in [0.25, 0.3) is 0 Å². The molecule has 31 heavy (non-hydrogen) atoms. The van der Waals surface area contributed by atoms with E-state index in [9.17, 15) is 22.8 Å². The zero-order valence-corrected chi connectivity index (χ0v) is 17.2. The predicted molar refractivity (Wildman–Crippen MR) is 112 cm³/mol. The summed E-state index contributed by atoms with van der Waals surface area (Å²) in [6.07, 6.45) is -4.46. The van der Waals surface area contributed by atoms with Gasteiger partial charge in [-0.15, -0.1) is 0 Å². The molecule has 2 aromatic carbocycles. The van der Waals surface area contributed by atoms with Gasteiger partial charge in [-0.2, -0.15) is 13.2 Å². The second kappa shape index (κ2) is 8.24. The largest absolute Gasteiger partial charge is 0.416 e. The Balaban J connectivity index is 1.39. The first-order chi connectivity index (χ1) is 14.7. The van der Waals surface area contributed by atoms with Crippen molar-refractivity contribution in [1.82, 2.24) is 4.90 Å². The van der Waals surface area contributed by atoms with E-state index in [1.54, 1.807) is 4.90 Å². The Bertz CT molecular complexity index is 984. The van der Waals surface area contributed by atoms with Crippen LogP contribution in [-0.4, -0.2) is 49.4 Å². The number of rotatable bonds is 3. The number of piperazine rings is 1. The van der Waals surface area contributed by atoms with Gasteiger partial charge in [0.1, 0.15) is 0 Å². The van der Waals surface area contributed by atoms with Gasteiger partial charge >= 0.3 is 6.18 Å². The average molecular weight is 431 g/mol. The van der Waals surface area contributed by atoms with Gasteiger partial charge < -0.3 is 14.7 Å². The Kier molecular flexibility index (Phi) is 5.64. The number of hydrogen-bond donors (Lipinski definition) is 0. The van der Waals surface area contributed by atoms with Crippen LogP contribution in [-0.2, 0) is 15.8 Å². The number of carbonyl (C=O) groups is 2. The molecule has 4 rings (SSSR count). The number of nitrogens with zero attached hydrogens (tertiary/aromatic N) is 3. The maximum absolute atomic E-state index is 13.0. The summed E-state index contributed by atoms with van der Waals surface area (Å²) in [7, 11) is 0. The van der Waals surface area contributed by atoms with Gasteiger partial charge in [0.2, 0.25) is 11.8 Å². The molecule has 0 aromatic heterocycles. The summed E-state index contributed by atoms with van der Waals surface area (Å²) in [6.45, 7) is 4.66. The van der Waals surface area contributed by atoms with Crippen molar-refractivity contribution in [1.29, 1.82) is 0 Å². The highest BCUT2D eigenvalue weighted by atomic mass is 19.4. The third-order valence-electron chi connectivity index (χ3n) is 5.92. The van der Waals surface area contributed by atoms with E-state index in [2.05, 4.69) is 11.0 Å². The van der Waals surface area contributed by atoms with E-state index in [4.69, 9.17) is 0 Å². The fraction of sp³-hybridized carbons (Fsp3) is 0.391. The zero-order chi connectivity index (χ0) is 22.2. The molecule has 0 bridgehead atoms. The maximum Gasteiger partial charge on any atom is 0.416 e. The molecule has 2 amide bonds. The first-order valence-electron chi connectivity index (χ1n) is 10.3. The molecule has 8 heteroatoms. The van der Waals surface area contributed by atoms with Crippen LogP contribution in [0.5, 0.6) is 0 Å². The highest BCUT2D eigenvalue weighted by Crippen LogP contribution is 2.34. The quantitative estimate of drug-likeness (QED) is 0.744. The van der Waals surface area contributed by atoms with Crippen molar-refractivity contribution < 1.29 is 22.8 Å². The molecule has 2 saturated heterocycles. The van der Waals surface area contributed by atoms with E-state index < -0.39 is 17.7 Å². The number of halogens is 3. The van der Waals surface area contributed by atoms with Gasteiger partial charge in [-0.1, -0.05) is 18.2 Å². The van der Waals surface area contributed by atoms with E-state index in [1.165, 1.54) is 22.6 Å². The Labute approximate surface area is 179 Å². The van der Waals surface area contributed by atoms with Crippen LogP contribution in [0.3, 0.4) is 0 Å². The van der Waals surface area contributed by atoms with Crippen molar-refractivity contribution in [2.45, 2.75) is 19.5 Å². The van der Waals surface area contributed by atoms with Gasteiger partial charge in [0, 0.05) is 50.5 Å². The van der Waals surface area contributed by atoms with E-state index in [-0.39, 0.29) is 30.5 Å². The third kappa shape index (κ3) is 4.52. The molecule has 0 saturated carbocycles. The van der Waals surface area contributed by atoms with E-state index in [1.807, 2.05) is 25.1 Å². The number of benzene rings is 2. The van der Waals surface area contributed by atoms with Gasteiger partial charge in [0.05, 0.1) is 11.5 Å². The molecular formula is C23H24F3N3O2. The van der Waals surface area contributed by atoms with Crippen LogP contribution in [0.4, 0.5) is 24.5 Å². The summed E-state index contributed by atoms with van der Waals surface area (Å²) >= 11 is 0. The smallest absolute Gasteiger partial charge is 0.368 e. The van der Waals surface area contributed by atoms with Gasteiger partial charge in [-0.25, -0.2) is 0 Å². The molecule has 164 valence electrons. The molecule has 2 aliphatic rings. The second-order valence-electron chi connectivity index (χ2n) is 8.10. The fourth-order valence-electron chi connectivity index (χ4n) is 4.24. The molecule has 0 spiro atoms. The summed E-state index contributed by atoms with van der Waals surface area (Å²) in [4.78, 5) is 30.7. The molecule has 1 unspecified atom stereocenters. The van der Waals surface area contributed by atoms with E-state index in [0.717, 1.165) is 17.8 Å². The van der Waals surface area contributed by atoms with Gasteiger partial charge in [-0.05, 0) is 42.8 Å². The van der Waals surface area contributed by atoms with Gasteiger partial charge in [0.15, 0.2) is 0 Å². The Morgan fingerprint density at radius 1 is 0.968 bits per heavy atom. The summed E-state index contributed by atoms with van der Waals surface area (Å²) in [5.74, 6) is -0.963. The SMILES string of the molecule is Cc1cccc(N2CCN(C(=O)C3CC(=O)N(c4cccc(C(F)(F)F)c4)C3)CC2)c1.